The molecule has 2 aliphatic heterocycles. The van der Waals surface area contributed by atoms with Gasteiger partial charge in [0.05, 0.1) is 13.0 Å². The van der Waals surface area contributed by atoms with E-state index < -0.39 is 0 Å². The molecule has 2 fully saturated rings. The number of hydrogen-bond acceptors (Lipinski definition) is 8. The Kier molecular flexibility index (Phi) is 6.74. The molecule has 0 atom stereocenters. The fourth-order valence-corrected chi connectivity index (χ4v) is 4.65. The molecule has 1 amide bonds. The highest BCUT2D eigenvalue weighted by Crippen LogP contribution is 2.27. The third-order valence-corrected chi connectivity index (χ3v) is 6.79. The van der Waals surface area contributed by atoms with Gasteiger partial charge in [0.1, 0.15) is 11.3 Å². The van der Waals surface area contributed by atoms with Crippen LogP contribution in [0.3, 0.4) is 0 Å². The Morgan fingerprint density at radius 2 is 1.66 bits per heavy atom. The molecule has 0 N–H and O–H groups in total. The number of piperidine rings is 1. The maximum atomic E-state index is 12.6. The smallest absolute Gasteiger partial charge is 0.309 e. The van der Waals surface area contributed by atoms with Crippen LogP contribution in [-0.4, -0.2) is 74.7 Å². The molecule has 1 aromatic heterocycles. The number of amides is 1. The van der Waals surface area contributed by atoms with E-state index in [-0.39, 0.29) is 24.4 Å². The molecule has 35 heavy (non-hydrogen) atoms. The van der Waals surface area contributed by atoms with Crippen molar-refractivity contribution in [2.45, 2.75) is 12.8 Å². The van der Waals surface area contributed by atoms with Crippen LogP contribution in [0.15, 0.2) is 52.9 Å². The van der Waals surface area contributed by atoms with Crippen molar-refractivity contribution in [3.05, 3.63) is 48.5 Å². The third-order valence-electron chi connectivity index (χ3n) is 6.79. The zero-order valence-corrected chi connectivity index (χ0v) is 19.9. The lowest BCUT2D eigenvalue weighted by Crippen LogP contribution is -2.50. The van der Waals surface area contributed by atoms with Crippen molar-refractivity contribution in [1.29, 1.82) is 0 Å². The largest absolute Gasteiger partial charge is 0.497 e. The van der Waals surface area contributed by atoms with Crippen LogP contribution in [0, 0.1) is 5.92 Å². The Balaban J connectivity index is 1.05. The molecule has 3 heterocycles. The second-order valence-corrected chi connectivity index (χ2v) is 8.90. The van der Waals surface area contributed by atoms with Gasteiger partial charge in [0, 0.05) is 45.0 Å². The molecule has 5 rings (SSSR count). The van der Waals surface area contributed by atoms with Crippen LogP contribution >= 0.6 is 0 Å². The fraction of sp³-hybridized carbons (Fsp3) is 0.423. The highest BCUT2D eigenvalue weighted by Gasteiger charge is 2.29. The number of esters is 1. The molecule has 0 saturated carbocycles. The van der Waals surface area contributed by atoms with Gasteiger partial charge in [-0.1, -0.05) is 12.1 Å². The zero-order chi connectivity index (χ0) is 24.2. The minimum atomic E-state index is -0.299. The number of oxazole rings is 1. The molecule has 0 spiro atoms. The number of ether oxygens (including phenoxy) is 2. The van der Waals surface area contributed by atoms with Crippen molar-refractivity contribution in [3.8, 4) is 5.75 Å². The van der Waals surface area contributed by atoms with E-state index in [2.05, 4.69) is 14.8 Å². The fourth-order valence-electron chi connectivity index (χ4n) is 4.65. The van der Waals surface area contributed by atoms with Gasteiger partial charge in [-0.05, 0) is 49.2 Å². The number of carbonyl (C=O) groups is 2. The van der Waals surface area contributed by atoms with Crippen LogP contribution in [0.2, 0.25) is 0 Å². The van der Waals surface area contributed by atoms with Crippen LogP contribution in [0.1, 0.15) is 12.8 Å². The Bertz CT molecular complexity index is 1130. The predicted octanol–water partition coefficient (Wildman–Crippen LogP) is 2.94. The van der Waals surface area contributed by atoms with Gasteiger partial charge in [-0.2, -0.15) is 4.98 Å². The minimum absolute atomic E-state index is 0.142. The second kappa shape index (κ2) is 10.2. The van der Waals surface area contributed by atoms with Crippen LogP contribution in [0.5, 0.6) is 5.75 Å². The molecule has 9 nitrogen and oxygen atoms in total. The van der Waals surface area contributed by atoms with Crippen molar-refractivity contribution in [3.63, 3.8) is 0 Å². The van der Waals surface area contributed by atoms with Crippen molar-refractivity contribution in [1.82, 2.24) is 9.88 Å². The highest BCUT2D eigenvalue weighted by atomic mass is 16.5. The van der Waals surface area contributed by atoms with Gasteiger partial charge in [0.25, 0.3) is 11.9 Å². The van der Waals surface area contributed by atoms with Gasteiger partial charge < -0.3 is 28.6 Å². The van der Waals surface area contributed by atoms with E-state index >= 15 is 0 Å². The number of benzene rings is 2. The summed E-state index contributed by atoms with van der Waals surface area (Å²) in [5, 5.41) is 0. The summed E-state index contributed by atoms with van der Waals surface area (Å²) in [5.74, 6) is 0.167. The van der Waals surface area contributed by atoms with Crippen molar-refractivity contribution < 1.29 is 23.5 Å². The van der Waals surface area contributed by atoms with Gasteiger partial charge in [-0.3, -0.25) is 9.59 Å². The standard InChI is InChI=1S/C26H30N4O5/c1-33-21-8-6-20(7-9-21)28-14-16-29(17-15-28)24(31)18-34-25(32)19-10-12-30(13-11-19)26-27-22-4-2-3-5-23(22)35-26/h2-9,19H,10-18H2,1H3. The Morgan fingerprint density at radius 3 is 2.34 bits per heavy atom. The first-order valence-corrected chi connectivity index (χ1v) is 12.0. The summed E-state index contributed by atoms with van der Waals surface area (Å²) < 4.78 is 16.5. The molecule has 2 aromatic carbocycles. The van der Waals surface area contributed by atoms with Crippen LogP contribution in [0.4, 0.5) is 11.7 Å². The molecule has 3 aromatic rings. The number of para-hydroxylation sites is 2. The quantitative estimate of drug-likeness (QED) is 0.500. The monoisotopic (exact) mass is 478 g/mol. The summed E-state index contributed by atoms with van der Waals surface area (Å²) >= 11 is 0. The molecule has 184 valence electrons. The highest BCUT2D eigenvalue weighted by molar-refractivity contribution is 5.81. The number of aromatic nitrogens is 1. The first-order valence-electron chi connectivity index (χ1n) is 12.0. The number of rotatable bonds is 6. The van der Waals surface area contributed by atoms with Crippen molar-refractivity contribution in [2.75, 3.05) is 62.8 Å². The number of methoxy groups -OCH3 is 1. The molecule has 2 saturated heterocycles. The lowest BCUT2D eigenvalue weighted by Gasteiger charge is -2.36. The SMILES string of the molecule is COc1ccc(N2CCN(C(=O)COC(=O)C3CCN(c4nc5ccccc5o4)CC3)CC2)cc1. The molecule has 0 bridgehead atoms. The minimum Gasteiger partial charge on any atom is -0.497 e. The van der Waals surface area contributed by atoms with Gasteiger partial charge in [-0.25, -0.2) is 0 Å². The lowest BCUT2D eigenvalue weighted by molar-refractivity contribution is -0.156. The van der Waals surface area contributed by atoms with Crippen molar-refractivity contribution >= 4 is 34.7 Å². The molecular weight excluding hydrogens is 448 g/mol. The summed E-state index contributed by atoms with van der Waals surface area (Å²) in [7, 11) is 1.65. The first-order chi connectivity index (χ1) is 17.1. The molecule has 0 unspecified atom stereocenters. The Morgan fingerprint density at radius 1 is 0.943 bits per heavy atom. The topological polar surface area (TPSA) is 88.4 Å². The maximum Gasteiger partial charge on any atom is 0.309 e. The number of carbonyl (C=O) groups excluding carboxylic acids is 2. The summed E-state index contributed by atoms with van der Waals surface area (Å²) in [4.78, 5) is 35.8. The first kappa shape index (κ1) is 23.0. The van der Waals surface area contributed by atoms with Gasteiger partial charge >= 0.3 is 5.97 Å². The van der Waals surface area contributed by atoms with Gasteiger partial charge in [-0.15, -0.1) is 0 Å². The summed E-state index contributed by atoms with van der Waals surface area (Å²) in [6.07, 6.45) is 1.29. The van der Waals surface area contributed by atoms with E-state index in [0.717, 1.165) is 35.6 Å². The van der Waals surface area contributed by atoms with E-state index in [4.69, 9.17) is 13.9 Å². The summed E-state index contributed by atoms with van der Waals surface area (Å²) in [6.45, 7) is 3.80. The number of fused-ring (bicyclic) bond motifs is 1. The lowest BCUT2D eigenvalue weighted by atomic mass is 9.97. The zero-order valence-electron chi connectivity index (χ0n) is 19.9. The van der Waals surface area contributed by atoms with Crippen LogP contribution in [-0.2, 0) is 14.3 Å². The molecular formula is C26H30N4O5. The Labute approximate surface area is 204 Å². The number of piperazine rings is 1. The van der Waals surface area contributed by atoms with Crippen molar-refractivity contribution in [2.24, 2.45) is 5.92 Å². The predicted molar refractivity (Wildman–Crippen MR) is 132 cm³/mol. The summed E-state index contributed by atoms with van der Waals surface area (Å²) in [5.41, 5.74) is 2.69. The molecule has 0 radical (unpaired) electrons. The average molecular weight is 479 g/mol. The third kappa shape index (κ3) is 5.18. The molecule has 0 aliphatic carbocycles. The summed E-state index contributed by atoms with van der Waals surface area (Å²) in [6, 6.07) is 16.2. The van der Waals surface area contributed by atoms with E-state index in [9.17, 15) is 9.59 Å². The second-order valence-electron chi connectivity index (χ2n) is 8.90. The van der Waals surface area contributed by atoms with E-state index in [1.54, 1.807) is 12.0 Å². The van der Waals surface area contributed by atoms with Gasteiger partial charge in [0.15, 0.2) is 12.2 Å². The van der Waals surface area contributed by atoms with E-state index in [0.29, 0.717) is 45.0 Å². The maximum absolute atomic E-state index is 12.6. The average Bonchev–Trinajstić information content (AvgIpc) is 3.36. The number of anilines is 2. The van der Waals surface area contributed by atoms with Crippen LogP contribution < -0.4 is 14.5 Å². The van der Waals surface area contributed by atoms with E-state index in [1.807, 2.05) is 48.5 Å². The van der Waals surface area contributed by atoms with Gasteiger partial charge in [0.2, 0.25) is 0 Å². The Hall–Kier alpha value is -3.75. The molecule has 9 heteroatoms. The normalized spacial score (nSPS) is 17.0. The molecule has 2 aliphatic rings. The number of nitrogens with zero attached hydrogens (tertiary/aromatic N) is 4. The van der Waals surface area contributed by atoms with E-state index in [1.165, 1.54) is 0 Å². The number of hydrogen-bond donors (Lipinski definition) is 0. The van der Waals surface area contributed by atoms with Crippen LogP contribution in [0.25, 0.3) is 11.1 Å².